The molecule has 8 nitrogen and oxygen atoms in total. The first-order chi connectivity index (χ1) is 12.4. The molecule has 0 fully saturated rings. The molecular weight excluding hydrogens is 352 g/mol. The fraction of sp³-hybridized carbons (Fsp3) is 0.353. The molecule has 9 heteroatoms. The predicted molar refractivity (Wildman–Crippen MR) is 98.0 cm³/mol. The van der Waals surface area contributed by atoms with E-state index in [1.807, 2.05) is 35.9 Å². The van der Waals surface area contributed by atoms with Crippen LogP contribution in [0.2, 0.25) is 0 Å². The maximum atomic E-state index is 12.7. The van der Waals surface area contributed by atoms with Gasteiger partial charge in [-0.1, -0.05) is 6.07 Å². The van der Waals surface area contributed by atoms with Crippen molar-refractivity contribution in [1.29, 1.82) is 0 Å². The predicted octanol–water partition coefficient (Wildman–Crippen LogP) is 1.76. The number of imidazole rings is 1. The summed E-state index contributed by atoms with van der Waals surface area (Å²) in [6.45, 7) is 6.74. The number of nitrogens with zero attached hydrogens (tertiary/aromatic N) is 5. The molecule has 3 heterocycles. The summed E-state index contributed by atoms with van der Waals surface area (Å²) in [6, 6.07) is 5.60. The van der Waals surface area contributed by atoms with Crippen molar-refractivity contribution in [3.8, 4) is 11.5 Å². The Morgan fingerprint density at radius 3 is 2.62 bits per heavy atom. The Kier molecular flexibility index (Phi) is 5.19. The van der Waals surface area contributed by atoms with E-state index in [9.17, 15) is 8.42 Å². The second-order valence-corrected chi connectivity index (χ2v) is 7.58. The van der Waals surface area contributed by atoms with Crippen molar-refractivity contribution in [2.45, 2.75) is 38.8 Å². The first-order valence-corrected chi connectivity index (χ1v) is 9.88. The topological polar surface area (TPSA) is 94.7 Å². The summed E-state index contributed by atoms with van der Waals surface area (Å²) in [7, 11) is -3.62. The largest absolute Gasteiger partial charge is 0.328 e. The average molecular weight is 374 g/mol. The van der Waals surface area contributed by atoms with Gasteiger partial charge in [-0.15, -0.1) is 0 Å². The SMILES string of the molecule is CCn1nc(C)c(S(=O)(=O)NCCn2ccnc2-c2ccccn2)c1C. The molecule has 0 saturated carbocycles. The van der Waals surface area contributed by atoms with Crippen LogP contribution in [0.15, 0.2) is 41.7 Å². The monoisotopic (exact) mass is 374 g/mol. The first kappa shape index (κ1) is 18.3. The maximum Gasteiger partial charge on any atom is 0.244 e. The maximum absolute atomic E-state index is 12.7. The van der Waals surface area contributed by atoms with E-state index in [4.69, 9.17) is 0 Å². The zero-order valence-corrected chi connectivity index (χ0v) is 15.9. The fourth-order valence-corrected chi connectivity index (χ4v) is 4.40. The quantitative estimate of drug-likeness (QED) is 0.680. The van der Waals surface area contributed by atoms with Crippen molar-refractivity contribution in [1.82, 2.24) is 29.0 Å². The summed E-state index contributed by atoms with van der Waals surface area (Å²) < 4.78 is 31.6. The second kappa shape index (κ2) is 7.38. The van der Waals surface area contributed by atoms with Crippen LogP contribution in [0.3, 0.4) is 0 Å². The van der Waals surface area contributed by atoms with Crippen LogP contribution in [0.1, 0.15) is 18.3 Å². The molecule has 0 aliphatic carbocycles. The molecule has 0 spiro atoms. The molecule has 26 heavy (non-hydrogen) atoms. The average Bonchev–Trinajstić information content (AvgIpc) is 3.19. The third kappa shape index (κ3) is 3.54. The Bertz CT molecular complexity index is 992. The summed E-state index contributed by atoms with van der Waals surface area (Å²) in [5.41, 5.74) is 1.90. The van der Waals surface area contributed by atoms with Crippen LogP contribution in [0, 0.1) is 13.8 Å². The van der Waals surface area contributed by atoms with Gasteiger partial charge in [0.25, 0.3) is 0 Å². The summed E-state index contributed by atoms with van der Waals surface area (Å²) in [4.78, 5) is 8.86. The van der Waals surface area contributed by atoms with Crippen LogP contribution in [0.5, 0.6) is 0 Å². The van der Waals surface area contributed by atoms with Gasteiger partial charge < -0.3 is 4.57 Å². The number of hydrogen-bond donors (Lipinski definition) is 1. The number of pyridine rings is 1. The highest BCUT2D eigenvalue weighted by atomic mass is 32.2. The van der Waals surface area contributed by atoms with Gasteiger partial charge in [-0.3, -0.25) is 9.67 Å². The minimum Gasteiger partial charge on any atom is -0.328 e. The van der Waals surface area contributed by atoms with E-state index < -0.39 is 10.0 Å². The summed E-state index contributed by atoms with van der Waals surface area (Å²) in [5, 5.41) is 4.28. The van der Waals surface area contributed by atoms with E-state index in [1.54, 1.807) is 30.9 Å². The number of hydrogen-bond acceptors (Lipinski definition) is 5. The Balaban J connectivity index is 1.73. The molecule has 1 N–H and O–H groups in total. The lowest BCUT2D eigenvalue weighted by Crippen LogP contribution is -2.28. The van der Waals surface area contributed by atoms with E-state index in [0.29, 0.717) is 30.3 Å². The second-order valence-electron chi connectivity index (χ2n) is 5.87. The van der Waals surface area contributed by atoms with Gasteiger partial charge in [0.2, 0.25) is 10.0 Å². The number of nitrogens with one attached hydrogen (secondary N) is 1. The highest BCUT2D eigenvalue weighted by Gasteiger charge is 2.23. The van der Waals surface area contributed by atoms with Crippen LogP contribution >= 0.6 is 0 Å². The molecule has 3 aromatic rings. The van der Waals surface area contributed by atoms with Gasteiger partial charge >= 0.3 is 0 Å². The van der Waals surface area contributed by atoms with E-state index in [-0.39, 0.29) is 11.4 Å². The van der Waals surface area contributed by atoms with E-state index in [0.717, 1.165) is 5.69 Å². The van der Waals surface area contributed by atoms with Crippen LogP contribution in [-0.2, 0) is 23.1 Å². The van der Waals surface area contributed by atoms with Gasteiger partial charge in [-0.25, -0.2) is 18.1 Å². The molecule has 0 aromatic carbocycles. The van der Waals surface area contributed by atoms with Crippen LogP contribution < -0.4 is 4.72 Å². The van der Waals surface area contributed by atoms with Crippen LogP contribution in [0.25, 0.3) is 11.5 Å². The number of sulfonamides is 1. The highest BCUT2D eigenvalue weighted by molar-refractivity contribution is 7.89. The molecule has 138 valence electrons. The Labute approximate surface area is 153 Å². The van der Waals surface area contributed by atoms with Crippen molar-refractivity contribution in [3.05, 3.63) is 48.2 Å². The third-order valence-electron chi connectivity index (χ3n) is 4.14. The Morgan fingerprint density at radius 1 is 1.15 bits per heavy atom. The smallest absolute Gasteiger partial charge is 0.244 e. The van der Waals surface area contributed by atoms with Gasteiger partial charge in [0.1, 0.15) is 10.6 Å². The van der Waals surface area contributed by atoms with Crippen LogP contribution in [-0.4, -0.2) is 39.3 Å². The third-order valence-corrected chi connectivity index (χ3v) is 5.85. The summed E-state index contributed by atoms with van der Waals surface area (Å²) >= 11 is 0. The molecule has 0 aliphatic rings. The molecule has 0 atom stereocenters. The lowest BCUT2D eigenvalue weighted by Gasteiger charge is -2.10. The number of rotatable bonds is 7. The van der Waals surface area contributed by atoms with Gasteiger partial charge in [0.15, 0.2) is 5.82 Å². The van der Waals surface area contributed by atoms with Crippen molar-refractivity contribution < 1.29 is 8.42 Å². The molecule has 0 bridgehead atoms. The van der Waals surface area contributed by atoms with Gasteiger partial charge in [-0.05, 0) is 32.9 Å². The summed E-state index contributed by atoms with van der Waals surface area (Å²) in [6.07, 6.45) is 5.19. The minimum atomic E-state index is -3.62. The van der Waals surface area contributed by atoms with E-state index in [2.05, 4.69) is 19.8 Å². The fourth-order valence-electron chi connectivity index (χ4n) is 2.97. The number of aryl methyl sites for hydroxylation is 2. The summed E-state index contributed by atoms with van der Waals surface area (Å²) in [5.74, 6) is 0.705. The Morgan fingerprint density at radius 2 is 1.96 bits per heavy atom. The molecule has 0 unspecified atom stereocenters. The zero-order chi connectivity index (χ0) is 18.7. The normalized spacial score (nSPS) is 11.8. The standard InChI is InChI=1S/C17H22N6O2S/c1-4-23-14(3)16(13(2)21-23)26(24,25)20-10-12-22-11-9-19-17(22)15-7-5-6-8-18-15/h5-9,11,20H,4,10,12H2,1-3H3. The van der Waals surface area contributed by atoms with Crippen molar-refractivity contribution in [3.63, 3.8) is 0 Å². The lowest BCUT2D eigenvalue weighted by molar-refractivity contribution is 0.571. The van der Waals surface area contributed by atoms with Gasteiger partial charge in [-0.2, -0.15) is 5.10 Å². The molecule has 3 rings (SSSR count). The van der Waals surface area contributed by atoms with E-state index in [1.165, 1.54) is 0 Å². The van der Waals surface area contributed by atoms with Gasteiger partial charge in [0.05, 0.1) is 11.4 Å². The first-order valence-electron chi connectivity index (χ1n) is 8.40. The number of aromatic nitrogens is 5. The molecule has 0 saturated heterocycles. The molecular formula is C17H22N6O2S. The highest BCUT2D eigenvalue weighted by Crippen LogP contribution is 2.19. The molecule has 0 radical (unpaired) electrons. The van der Waals surface area contributed by atoms with Crippen molar-refractivity contribution >= 4 is 10.0 Å². The Hall–Kier alpha value is -2.52. The zero-order valence-electron chi connectivity index (χ0n) is 15.0. The van der Waals surface area contributed by atoms with E-state index >= 15 is 0 Å². The van der Waals surface area contributed by atoms with Gasteiger partial charge in [0, 0.05) is 38.2 Å². The van der Waals surface area contributed by atoms with Crippen molar-refractivity contribution in [2.75, 3.05) is 6.54 Å². The van der Waals surface area contributed by atoms with Crippen LogP contribution in [0.4, 0.5) is 0 Å². The minimum absolute atomic E-state index is 0.245. The molecule has 0 aliphatic heterocycles. The van der Waals surface area contributed by atoms with Crippen molar-refractivity contribution in [2.24, 2.45) is 0 Å². The lowest BCUT2D eigenvalue weighted by atomic mass is 10.3. The molecule has 0 amide bonds. The molecule has 3 aromatic heterocycles.